The molecule has 1 N–H and O–H groups in total. The van der Waals surface area contributed by atoms with Crippen molar-refractivity contribution in [3.63, 3.8) is 0 Å². The molecule has 0 radical (unpaired) electrons. The number of ether oxygens (including phenoxy) is 3. The van der Waals surface area contributed by atoms with E-state index in [1.165, 1.54) is 44.9 Å². The van der Waals surface area contributed by atoms with E-state index in [0.29, 0.717) is 26.0 Å². The van der Waals surface area contributed by atoms with Crippen LogP contribution in [0.4, 0.5) is 0 Å². The normalized spacial score (nSPS) is 28.4. The van der Waals surface area contributed by atoms with Crippen LogP contribution in [0.25, 0.3) is 0 Å². The molecule has 1 saturated heterocycles. The van der Waals surface area contributed by atoms with Gasteiger partial charge in [-0.25, -0.2) is 0 Å². The predicted molar refractivity (Wildman–Crippen MR) is 76.2 cm³/mol. The van der Waals surface area contributed by atoms with Gasteiger partial charge in [-0.15, -0.1) is 0 Å². The summed E-state index contributed by atoms with van der Waals surface area (Å²) in [6.07, 6.45) is 9.87. The first-order valence-electron chi connectivity index (χ1n) is 8.05. The Bertz CT molecular complexity index is 229. The zero-order valence-electron chi connectivity index (χ0n) is 12.5. The van der Waals surface area contributed by atoms with E-state index in [2.05, 4.69) is 4.90 Å². The Morgan fingerprint density at radius 2 is 1.75 bits per heavy atom. The van der Waals surface area contributed by atoms with Crippen molar-refractivity contribution in [2.75, 3.05) is 33.3 Å². The Kier molecular flexibility index (Phi) is 7.83. The molecular formula is C15H29NO4. The summed E-state index contributed by atoms with van der Waals surface area (Å²) >= 11 is 0. The van der Waals surface area contributed by atoms with Gasteiger partial charge in [0.2, 0.25) is 0 Å². The van der Waals surface area contributed by atoms with E-state index in [-0.39, 0.29) is 13.0 Å². The first kappa shape index (κ1) is 16.2. The molecule has 20 heavy (non-hydrogen) atoms. The van der Waals surface area contributed by atoms with Crippen LogP contribution in [-0.2, 0) is 14.2 Å². The van der Waals surface area contributed by atoms with Crippen molar-refractivity contribution >= 4 is 0 Å². The number of rotatable bonds is 4. The average molecular weight is 287 g/mol. The molecule has 0 amide bonds. The van der Waals surface area contributed by atoms with Gasteiger partial charge in [-0.2, -0.15) is 0 Å². The van der Waals surface area contributed by atoms with Crippen molar-refractivity contribution in [1.82, 2.24) is 4.90 Å². The smallest absolute Gasteiger partial charge is 0.143 e. The molecule has 1 aliphatic heterocycles. The summed E-state index contributed by atoms with van der Waals surface area (Å²) in [6, 6.07) is 0.515. The average Bonchev–Trinajstić information content (AvgIpc) is 2.39. The lowest BCUT2D eigenvalue weighted by molar-refractivity contribution is -0.181. The maximum absolute atomic E-state index is 8.87. The van der Waals surface area contributed by atoms with Gasteiger partial charge >= 0.3 is 0 Å². The van der Waals surface area contributed by atoms with Crippen LogP contribution >= 0.6 is 0 Å². The zero-order valence-corrected chi connectivity index (χ0v) is 12.5. The SMILES string of the molecule is OCOCC1OCCCOCN1C1CCCCCCC1. The van der Waals surface area contributed by atoms with Crippen molar-refractivity contribution in [3.05, 3.63) is 0 Å². The van der Waals surface area contributed by atoms with Gasteiger partial charge < -0.3 is 19.3 Å². The molecule has 0 aromatic heterocycles. The molecule has 1 heterocycles. The summed E-state index contributed by atoms with van der Waals surface area (Å²) in [5, 5.41) is 8.87. The molecule has 1 saturated carbocycles. The van der Waals surface area contributed by atoms with Crippen LogP contribution < -0.4 is 0 Å². The fourth-order valence-electron chi connectivity index (χ4n) is 3.13. The van der Waals surface area contributed by atoms with E-state index < -0.39 is 0 Å². The quantitative estimate of drug-likeness (QED) is 0.802. The van der Waals surface area contributed by atoms with Gasteiger partial charge in [0.1, 0.15) is 19.8 Å². The molecule has 0 spiro atoms. The van der Waals surface area contributed by atoms with Gasteiger partial charge in [0.25, 0.3) is 0 Å². The molecule has 5 heteroatoms. The highest BCUT2D eigenvalue weighted by Crippen LogP contribution is 2.24. The summed E-state index contributed by atoms with van der Waals surface area (Å²) in [7, 11) is 0. The van der Waals surface area contributed by atoms with Gasteiger partial charge in [-0.3, -0.25) is 4.90 Å². The minimum absolute atomic E-state index is 0.0909. The maximum atomic E-state index is 8.87. The fraction of sp³-hybridized carbons (Fsp3) is 1.00. The Morgan fingerprint density at radius 1 is 1.00 bits per heavy atom. The van der Waals surface area contributed by atoms with Gasteiger partial charge in [-0.05, 0) is 19.3 Å². The van der Waals surface area contributed by atoms with Gasteiger partial charge in [0.05, 0.1) is 19.8 Å². The molecule has 0 bridgehead atoms. The minimum atomic E-state index is -0.251. The van der Waals surface area contributed by atoms with E-state index in [1.807, 2.05) is 0 Å². The highest BCUT2D eigenvalue weighted by Gasteiger charge is 2.28. The molecule has 1 atom stereocenters. The second kappa shape index (κ2) is 9.68. The Hall–Kier alpha value is -0.200. The first-order valence-corrected chi connectivity index (χ1v) is 8.05. The third-order valence-electron chi connectivity index (χ3n) is 4.25. The molecule has 1 unspecified atom stereocenters. The first-order chi connectivity index (χ1) is 9.92. The van der Waals surface area contributed by atoms with Crippen molar-refractivity contribution in [2.24, 2.45) is 0 Å². The van der Waals surface area contributed by atoms with Gasteiger partial charge in [0.15, 0.2) is 0 Å². The van der Waals surface area contributed by atoms with Gasteiger partial charge in [0, 0.05) is 6.04 Å². The van der Waals surface area contributed by atoms with Crippen LogP contribution in [0.3, 0.4) is 0 Å². The Morgan fingerprint density at radius 3 is 2.50 bits per heavy atom. The third kappa shape index (κ3) is 5.30. The standard InChI is InChI=1S/C15H29NO4/c17-13-19-11-15-16(12-18-9-6-10-20-15)14-7-4-2-1-3-5-8-14/h14-15,17H,1-13H2. The minimum Gasteiger partial charge on any atom is -0.371 e. The van der Waals surface area contributed by atoms with Crippen molar-refractivity contribution in [1.29, 1.82) is 0 Å². The summed E-state index contributed by atoms with van der Waals surface area (Å²) in [4.78, 5) is 2.31. The van der Waals surface area contributed by atoms with E-state index in [9.17, 15) is 0 Å². The Labute approximate surface area is 122 Å². The molecular weight excluding hydrogens is 258 g/mol. The largest absolute Gasteiger partial charge is 0.371 e. The van der Waals surface area contributed by atoms with Gasteiger partial charge in [-0.1, -0.05) is 32.1 Å². The van der Waals surface area contributed by atoms with Crippen LogP contribution in [0.1, 0.15) is 51.4 Å². The van der Waals surface area contributed by atoms with Crippen LogP contribution in [0.2, 0.25) is 0 Å². The lowest BCUT2D eigenvalue weighted by atomic mass is 9.95. The van der Waals surface area contributed by atoms with E-state index >= 15 is 0 Å². The summed E-state index contributed by atoms with van der Waals surface area (Å²) in [5.41, 5.74) is 0. The second-order valence-electron chi connectivity index (χ2n) is 5.73. The molecule has 1 aliphatic carbocycles. The molecule has 2 fully saturated rings. The highest BCUT2D eigenvalue weighted by molar-refractivity contribution is 4.76. The van der Waals surface area contributed by atoms with E-state index in [1.54, 1.807) is 0 Å². The number of nitrogens with zero attached hydrogens (tertiary/aromatic N) is 1. The lowest BCUT2D eigenvalue weighted by Gasteiger charge is -2.39. The number of aliphatic hydroxyl groups is 1. The van der Waals surface area contributed by atoms with Crippen molar-refractivity contribution in [3.8, 4) is 0 Å². The zero-order chi connectivity index (χ0) is 14.0. The second-order valence-corrected chi connectivity index (χ2v) is 5.73. The predicted octanol–water partition coefficient (Wildman–Crippen LogP) is 2.09. The number of aliphatic hydroxyl groups excluding tert-OH is 1. The van der Waals surface area contributed by atoms with Crippen LogP contribution in [0, 0.1) is 0 Å². The van der Waals surface area contributed by atoms with E-state index in [0.717, 1.165) is 13.0 Å². The monoisotopic (exact) mass is 287 g/mol. The lowest BCUT2D eigenvalue weighted by Crippen LogP contribution is -2.49. The molecule has 5 nitrogen and oxygen atoms in total. The Balaban J connectivity index is 1.95. The number of hydrogen-bond donors (Lipinski definition) is 1. The molecule has 2 rings (SSSR count). The van der Waals surface area contributed by atoms with Crippen LogP contribution in [0.5, 0.6) is 0 Å². The third-order valence-corrected chi connectivity index (χ3v) is 4.25. The summed E-state index contributed by atoms with van der Waals surface area (Å²) in [6.45, 7) is 2.24. The fourth-order valence-corrected chi connectivity index (χ4v) is 3.13. The topological polar surface area (TPSA) is 51.2 Å². The molecule has 0 aromatic rings. The number of hydrogen-bond acceptors (Lipinski definition) is 5. The molecule has 118 valence electrons. The molecule has 2 aliphatic rings. The van der Waals surface area contributed by atoms with Crippen LogP contribution in [-0.4, -0.2) is 55.6 Å². The molecule has 0 aromatic carbocycles. The van der Waals surface area contributed by atoms with Crippen molar-refractivity contribution < 1.29 is 19.3 Å². The maximum Gasteiger partial charge on any atom is 0.143 e. The van der Waals surface area contributed by atoms with Crippen LogP contribution in [0.15, 0.2) is 0 Å². The summed E-state index contributed by atoms with van der Waals surface area (Å²) in [5.74, 6) is 0. The van der Waals surface area contributed by atoms with Crippen molar-refractivity contribution in [2.45, 2.75) is 63.6 Å². The van der Waals surface area contributed by atoms with E-state index in [4.69, 9.17) is 19.3 Å². The highest BCUT2D eigenvalue weighted by atomic mass is 16.6. The summed E-state index contributed by atoms with van der Waals surface area (Å²) < 4.78 is 16.9.